The molecule has 162 valence electrons. The number of nitrogens with zero attached hydrogens (tertiary/aromatic N) is 5. The minimum atomic E-state index is -3.19. The van der Waals surface area contributed by atoms with Gasteiger partial charge in [0.1, 0.15) is 5.82 Å². The van der Waals surface area contributed by atoms with E-state index in [2.05, 4.69) is 20.1 Å². The number of amides is 2. The van der Waals surface area contributed by atoms with Crippen molar-refractivity contribution in [1.29, 1.82) is 0 Å². The van der Waals surface area contributed by atoms with Gasteiger partial charge < -0.3 is 14.8 Å². The summed E-state index contributed by atoms with van der Waals surface area (Å²) in [6, 6.07) is 0.283. The van der Waals surface area contributed by atoms with Crippen LogP contribution in [-0.4, -0.2) is 69.8 Å². The van der Waals surface area contributed by atoms with E-state index in [0.717, 1.165) is 37.3 Å². The fraction of sp³-hybridized carbons (Fsp3) is 0.842. The van der Waals surface area contributed by atoms with Crippen molar-refractivity contribution in [2.75, 3.05) is 25.4 Å². The first-order valence-electron chi connectivity index (χ1n) is 10.9. The Hall–Kier alpha value is -1.68. The average molecular weight is 425 g/mol. The highest BCUT2D eigenvalue weighted by atomic mass is 32.2. The smallest absolute Gasteiger partial charge is 0.318 e. The molecule has 2 aliphatic heterocycles. The standard InChI is InChI=1S/C19H32N6O3S/c1-2-29(27,28)24-10-6-7-15(13-24)18-22-21-17-14-23(11-12-25(17)18)19(26)20-16-8-4-3-5-9-16/h15-16H,2-14H2,1H3,(H,20,26). The van der Waals surface area contributed by atoms with Crippen molar-refractivity contribution < 1.29 is 13.2 Å². The monoisotopic (exact) mass is 424 g/mol. The molecule has 1 atom stereocenters. The van der Waals surface area contributed by atoms with Gasteiger partial charge in [0.25, 0.3) is 0 Å². The molecule has 4 rings (SSSR count). The maximum Gasteiger partial charge on any atom is 0.318 e. The van der Waals surface area contributed by atoms with Crippen LogP contribution in [0.1, 0.15) is 69.4 Å². The number of carbonyl (C=O) groups excluding carboxylic acids is 1. The number of piperidine rings is 1. The molecule has 1 unspecified atom stereocenters. The van der Waals surface area contributed by atoms with Crippen molar-refractivity contribution in [3.05, 3.63) is 11.6 Å². The number of fused-ring (bicyclic) bond motifs is 1. The van der Waals surface area contributed by atoms with Gasteiger partial charge in [-0.15, -0.1) is 10.2 Å². The molecule has 3 heterocycles. The van der Waals surface area contributed by atoms with Crippen LogP contribution in [0.3, 0.4) is 0 Å². The molecule has 2 fully saturated rings. The molecular formula is C19H32N6O3S. The van der Waals surface area contributed by atoms with Crippen molar-refractivity contribution in [1.82, 2.24) is 29.3 Å². The first-order valence-corrected chi connectivity index (χ1v) is 12.5. The highest BCUT2D eigenvalue weighted by Crippen LogP contribution is 2.29. The first-order chi connectivity index (χ1) is 14.0. The molecule has 0 aromatic carbocycles. The second kappa shape index (κ2) is 8.59. The largest absolute Gasteiger partial charge is 0.335 e. The Bertz CT molecular complexity index is 833. The van der Waals surface area contributed by atoms with Crippen LogP contribution in [0.4, 0.5) is 4.79 Å². The Kier molecular flexibility index (Phi) is 6.10. The highest BCUT2D eigenvalue weighted by Gasteiger charge is 2.33. The summed E-state index contributed by atoms with van der Waals surface area (Å²) in [6.07, 6.45) is 7.53. The minimum Gasteiger partial charge on any atom is -0.335 e. The lowest BCUT2D eigenvalue weighted by Crippen LogP contribution is -2.48. The number of hydrogen-bond donors (Lipinski definition) is 1. The summed E-state index contributed by atoms with van der Waals surface area (Å²) in [5.41, 5.74) is 0. The van der Waals surface area contributed by atoms with Crippen molar-refractivity contribution >= 4 is 16.1 Å². The molecule has 0 radical (unpaired) electrons. The van der Waals surface area contributed by atoms with Gasteiger partial charge in [-0.1, -0.05) is 19.3 Å². The van der Waals surface area contributed by atoms with E-state index in [1.54, 1.807) is 11.2 Å². The Morgan fingerprint density at radius 3 is 2.62 bits per heavy atom. The number of hydrogen-bond acceptors (Lipinski definition) is 5. The van der Waals surface area contributed by atoms with E-state index in [-0.39, 0.29) is 17.7 Å². The van der Waals surface area contributed by atoms with Gasteiger partial charge in [0.15, 0.2) is 5.82 Å². The third-order valence-corrected chi connectivity index (χ3v) is 8.36. The van der Waals surface area contributed by atoms with Gasteiger partial charge in [-0.3, -0.25) is 0 Å². The second-order valence-corrected chi connectivity index (χ2v) is 10.7. The van der Waals surface area contributed by atoms with Gasteiger partial charge >= 0.3 is 6.03 Å². The quantitative estimate of drug-likeness (QED) is 0.792. The van der Waals surface area contributed by atoms with Gasteiger partial charge in [-0.2, -0.15) is 0 Å². The molecule has 1 aromatic heterocycles. The molecule has 10 heteroatoms. The lowest BCUT2D eigenvalue weighted by atomic mass is 9.96. The van der Waals surface area contributed by atoms with Crippen molar-refractivity contribution in [2.24, 2.45) is 0 Å². The average Bonchev–Trinajstić information content (AvgIpc) is 3.18. The number of aromatic nitrogens is 3. The fourth-order valence-corrected chi connectivity index (χ4v) is 5.94. The topological polar surface area (TPSA) is 100 Å². The zero-order valence-corrected chi connectivity index (χ0v) is 18.0. The molecule has 3 aliphatic rings. The van der Waals surface area contributed by atoms with E-state index in [1.807, 2.05) is 4.90 Å². The number of carbonyl (C=O) groups is 1. The maximum atomic E-state index is 12.7. The van der Waals surface area contributed by atoms with Crippen LogP contribution in [0.5, 0.6) is 0 Å². The molecule has 1 aliphatic carbocycles. The van der Waals surface area contributed by atoms with Gasteiger partial charge in [-0.25, -0.2) is 17.5 Å². The highest BCUT2D eigenvalue weighted by molar-refractivity contribution is 7.89. The zero-order chi connectivity index (χ0) is 20.4. The predicted molar refractivity (Wildman–Crippen MR) is 109 cm³/mol. The summed E-state index contributed by atoms with van der Waals surface area (Å²) >= 11 is 0. The number of sulfonamides is 1. The Balaban J connectivity index is 1.41. The van der Waals surface area contributed by atoms with E-state index in [4.69, 9.17) is 0 Å². The molecule has 9 nitrogen and oxygen atoms in total. The van der Waals surface area contributed by atoms with Crippen LogP contribution >= 0.6 is 0 Å². The molecule has 1 N–H and O–H groups in total. The number of nitrogens with one attached hydrogen (secondary N) is 1. The van der Waals surface area contributed by atoms with Crippen LogP contribution in [0.15, 0.2) is 0 Å². The van der Waals surface area contributed by atoms with Crippen molar-refractivity contribution in [2.45, 2.75) is 76.9 Å². The molecule has 2 amide bonds. The van der Waals surface area contributed by atoms with Gasteiger partial charge in [0.05, 0.1) is 12.3 Å². The molecule has 0 bridgehead atoms. The molecular weight excluding hydrogens is 392 g/mol. The first kappa shape index (κ1) is 20.6. The third kappa shape index (κ3) is 4.42. The molecule has 29 heavy (non-hydrogen) atoms. The van der Waals surface area contributed by atoms with Crippen LogP contribution < -0.4 is 5.32 Å². The second-order valence-electron chi connectivity index (χ2n) is 8.43. The van der Waals surface area contributed by atoms with Crippen LogP contribution in [0.2, 0.25) is 0 Å². The summed E-state index contributed by atoms with van der Waals surface area (Å²) < 4.78 is 28.2. The zero-order valence-electron chi connectivity index (χ0n) is 17.2. The molecule has 1 aromatic rings. The summed E-state index contributed by atoms with van der Waals surface area (Å²) in [4.78, 5) is 14.5. The lowest BCUT2D eigenvalue weighted by Gasteiger charge is -2.33. The maximum absolute atomic E-state index is 12.7. The van der Waals surface area contributed by atoms with Crippen LogP contribution in [0.25, 0.3) is 0 Å². The van der Waals surface area contributed by atoms with Gasteiger partial charge in [0, 0.05) is 38.1 Å². The van der Waals surface area contributed by atoms with Crippen molar-refractivity contribution in [3.8, 4) is 0 Å². The lowest BCUT2D eigenvalue weighted by molar-refractivity contribution is 0.174. The molecule has 1 saturated carbocycles. The van der Waals surface area contributed by atoms with E-state index in [9.17, 15) is 13.2 Å². The Labute approximate surface area is 172 Å². The van der Waals surface area contributed by atoms with Gasteiger partial charge in [0.2, 0.25) is 10.0 Å². The SMILES string of the molecule is CCS(=O)(=O)N1CCCC(c2nnc3n2CCN(C(=O)NC2CCCCC2)C3)C1. The number of urea groups is 1. The van der Waals surface area contributed by atoms with Crippen LogP contribution in [-0.2, 0) is 23.1 Å². The Morgan fingerprint density at radius 2 is 1.86 bits per heavy atom. The number of rotatable bonds is 4. The Morgan fingerprint density at radius 1 is 1.07 bits per heavy atom. The van der Waals surface area contributed by atoms with E-state index >= 15 is 0 Å². The van der Waals surface area contributed by atoms with Gasteiger partial charge in [-0.05, 0) is 32.6 Å². The third-order valence-electron chi connectivity index (χ3n) is 6.51. The minimum absolute atomic E-state index is 0.00872. The predicted octanol–water partition coefficient (Wildman–Crippen LogP) is 1.67. The normalized spacial score (nSPS) is 24.3. The molecule has 1 saturated heterocycles. The molecule has 0 spiro atoms. The van der Waals surface area contributed by atoms with Crippen molar-refractivity contribution in [3.63, 3.8) is 0 Å². The van der Waals surface area contributed by atoms with E-state index < -0.39 is 10.0 Å². The fourth-order valence-electron chi connectivity index (χ4n) is 4.76. The summed E-state index contributed by atoms with van der Waals surface area (Å²) in [5, 5.41) is 11.9. The summed E-state index contributed by atoms with van der Waals surface area (Å²) in [5.74, 6) is 1.85. The summed E-state index contributed by atoms with van der Waals surface area (Å²) in [6.45, 7) is 4.48. The van der Waals surface area contributed by atoms with E-state index in [1.165, 1.54) is 19.3 Å². The van der Waals surface area contributed by atoms with Crippen LogP contribution in [0, 0.1) is 0 Å². The summed E-state index contributed by atoms with van der Waals surface area (Å²) in [7, 11) is -3.19. The van der Waals surface area contributed by atoms with E-state index in [0.29, 0.717) is 38.8 Å².